The van der Waals surface area contributed by atoms with Crippen molar-refractivity contribution >= 4 is 5.78 Å². The van der Waals surface area contributed by atoms with Gasteiger partial charge in [0.15, 0.2) is 5.78 Å². The molecule has 2 N–H and O–H groups in total. The Labute approximate surface area is 89.5 Å². The second-order valence-electron chi connectivity index (χ2n) is 3.34. The minimum atomic E-state index is -0.177. The number of aromatic nitrogens is 1. The van der Waals surface area contributed by atoms with Gasteiger partial charge >= 0.3 is 0 Å². The van der Waals surface area contributed by atoms with Gasteiger partial charge in [-0.05, 0) is 13.0 Å². The maximum absolute atomic E-state index is 11.8. The molecule has 1 atom stereocenters. The van der Waals surface area contributed by atoms with Gasteiger partial charge in [0.2, 0.25) is 0 Å². The van der Waals surface area contributed by atoms with Crippen LogP contribution in [0.5, 0.6) is 5.75 Å². The van der Waals surface area contributed by atoms with Gasteiger partial charge in [-0.1, -0.05) is 6.92 Å². The normalized spacial score (nSPS) is 12.2. The van der Waals surface area contributed by atoms with Crippen LogP contribution in [0.3, 0.4) is 0 Å². The predicted octanol–water partition coefficient (Wildman–Crippen LogP) is 1.26. The number of carbonyl (C=O) groups is 1. The molecule has 1 rings (SSSR count). The average molecular weight is 208 g/mol. The number of nitrogens with two attached hydrogens (primary N) is 1. The molecule has 0 radical (unpaired) electrons. The highest BCUT2D eigenvalue weighted by molar-refractivity contribution is 5.97. The summed E-state index contributed by atoms with van der Waals surface area (Å²) in [7, 11) is 0. The largest absolute Gasteiger partial charge is 0.492 e. The van der Waals surface area contributed by atoms with Crippen molar-refractivity contribution in [2.45, 2.75) is 13.8 Å². The van der Waals surface area contributed by atoms with E-state index in [-0.39, 0.29) is 11.7 Å². The van der Waals surface area contributed by atoms with Gasteiger partial charge < -0.3 is 10.5 Å². The van der Waals surface area contributed by atoms with Crippen molar-refractivity contribution in [3.8, 4) is 5.75 Å². The monoisotopic (exact) mass is 208 g/mol. The van der Waals surface area contributed by atoms with Crippen LogP contribution in [-0.2, 0) is 0 Å². The van der Waals surface area contributed by atoms with E-state index in [0.29, 0.717) is 24.5 Å². The van der Waals surface area contributed by atoms with Gasteiger partial charge in [-0.15, -0.1) is 0 Å². The van der Waals surface area contributed by atoms with Crippen LogP contribution in [0.4, 0.5) is 0 Å². The fourth-order valence-corrected chi connectivity index (χ4v) is 1.19. The van der Waals surface area contributed by atoms with E-state index in [9.17, 15) is 4.79 Å². The lowest BCUT2D eigenvalue weighted by atomic mass is 10.0. The van der Waals surface area contributed by atoms with E-state index < -0.39 is 0 Å². The van der Waals surface area contributed by atoms with Gasteiger partial charge in [0.05, 0.1) is 12.8 Å². The maximum atomic E-state index is 11.8. The molecule has 1 unspecified atom stereocenters. The summed E-state index contributed by atoms with van der Waals surface area (Å²) < 4.78 is 5.26. The summed E-state index contributed by atoms with van der Waals surface area (Å²) in [4.78, 5) is 15.7. The van der Waals surface area contributed by atoms with Crippen molar-refractivity contribution in [2.75, 3.05) is 13.2 Å². The van der Waals surface area contributed by atoms with Crippen LogP contribution < -0.4 is 10.5 Å². The Morgan fingerprint density at radius 3 is 2.93 bits per heavy atom. The van der Waals surface area contributed by atoms with Crippen molar-refractivity contribution < 1.29 is 9.53 Å². The Kier molecular flexibility index (Phi) is 4.24. The zero-order valence-corrected chi connectivity index (χ0v) is 9.06. The summed E-state index contributed by atoms with van der Waals surface area (Å²) in [5, 5.41) is 0. The lowest BCUT2D eigenvalue weighted by Crippen LogP contribution is -2.20. The molecular formula is C11H16N2O2. The van der Waals surface area contributed by atoms with Crippen LogP contribution in [0.1, 0.15) is 24.2 Å². The molecule has 1 aromatic rings. The standard InChI is InChI=1S/C11H16N2O2/c1-3-15-10-4-9(6-13-7-10)11(14)8(2)5-12/h4,6-8H,3,5,12H2,1-2H3. The summed E-state index contributed by atoms with van der Waals surface area (Å²) >= 11 is 0. The van der Waals surface area contributed by atoms with Crippen molar-refractivity contribution in [3.05, 3.63) is 24.0 Å². The summed E-state index contributed by atoms with van der Waals surface area (Å²) in [5.41, 5.74) is 5.99. The molecule has 0 aliphatic rings. The van der Waals surface area contributed by atoms with Crippen molar-refractivity contribution in [1.29, 1.82) is 0 Å². The average Bonchev–Trinajstić information content (AvgIpc) is 2.28. The molecular weight excluding hydrogens is 192 g/mol. The molecule has 4 heteroatoms. The first-order valence-electron chi connectivity index (χ1n) is 5.01. The quantitative estimate of drug-likeness (QED) is 0.740. The van der Waals surface area contributed by atoms with E-state index in [0.717, 1.165) is 0 Å². The molecule has 1 heterocycles. The molecule has 0 aliphatic carbocycles. The van der Waals surface area contributed by atoms with Gasteiger partial charge in [-0.3, -0.25) is 9.78 Å². The number of pyridine rings is 1. The molecule has 0 saturated heterocycles. The third kappa shape index (κ3) is 3.02. The number of rotatable bonds is 5. The molecule has 15 heavy (non-hydrogen) atoms. The van der Waals surface area contributed by atoms with Crippen molar-refractivity contribution in [2.24, 2.45) is 11.7 Å². The lowest BCUT2D eigenvalue weighted by Gasteiger charge is -2.08. The summed E-state index contributed by atoms with van der Waals surface area (Å²) in [6.45, 7) is 4.59. The Balaban J connectivity index is 2.85. The number of nitrogens with zero attached hydrogens (tertiary/aromatic N) is 1. The van der Waals surface area contributed by atoms with Crippen molar-refractivity contribution in [3.63, 3.8) is 0 Å². The first kappa shape index (κ1) is 11.7. The zero-order chi connectivity index (χ0) is 11.3. The fraction of sp³-hybridized carbons (Fsp3) is 0.455. The van der Waals surface area contributed by atoms with Crippen LogP contribution in [0, 0.1) is 5.92 Å². The van der Waals surface area contributed by atoms with E-state index >= 15 is 0 Å². The Morgan fingerprint density at radius 2 is 2.33 bits per heavy atom. The highest BCUT2D eigenvalue weighted by Gasteiger charge is 2.14. The third-order valence-electron chi connectivity index (χ3n) is 2.11. The van der Waals surface area contributed by atoms with Gasteiger partial charge in [-0.25, -0.2) is 0 Å². The number of Topliss-reactive ketones (excluding diaryl/α,β-unsaturated/α-hetero) is 1. The topological polar surface area (TPSA) is 65.2 Å². The summed E-state index contributed by atoms with van der Waals surface area (Å²) in [5.74, 6) is 0.447. The van der Waals surface area contributed by atoms with Crippen LogP contribution in [0.25, 0.3) is 0 Å². The molecule has 4 nitrogen and oxygen atoms in total. The summed E-state index contributed by atoms with van der Waals surface area (Å²) in [6.07, 6.45) is 3.13. The first-order valence-corrected chi connectivity index (χ1v) is 5.01. The number of ether oxygens (including phenoxy) is 1. The second kappa shape index (κ2) is 5.46. The Morgan fingerprint density at radius 1 is 1.60 bits per heavy atom. The molecule has 0 aliphatic heterocycles. The zero-order valence-electron chi connectivity index (χ0n) is 9.06. The third-order valence-corrected chi connectivity index (χ3v) is 2.11. The highest BCUT2D eigenvalue weighted by Crippen LogP contribution is 2.14. The number of ketones is 1. The number of hydrogen-bond acceptors (Lipinski definition) is 4. The second-order valence-corrected chi connectivity index (χ2v) is 3.34. The maximum Gasteiger partial charge on any atom is 0.168 e. The smallest absolute Gasteiger partial charge is 0.168 e. The van der Waals surface area contributed by atoms with Gasteiger partial charge in [0.1, 0.15) is 5.75 Å². The van der Waals surface area contributed by atoms with Crippen LogP contribution in [0.2, 0.25) is 0 Å². The summed E-state index contributed by atoms with van der Waals surface area (Å²) in [6, 6.07) is 1.70. The molecule has 0 saturated carbocycles. The molecule has 0 spiro atoms. The van der Waals surface area contributed by atoms with E-state index in [1.54, 1.807) is 19.2 Å². The van der Waals surface area contributed by atoms with E-state index in [4.69, 9.17) is 10.5 Å². The fourth-order valence-electron chi connectivity index (χ4n) is 1.19. The van der Waals surface area contributed by atoms with Gasteiger partial charge in [0.25, 0.3) is 0 Å². The van der Waals surface area contributed by atoms with E-state index in [1.807, 2.05) is 6.92 Å². The first-order chi connectivity index (χ1) is 7.19. The SMILES string of the molecule is CCOc1cncc(C(=O)C(C)CN)c1. The highest BCUT2D eigenvalue weighted by atomic mass is 16.5. The molecule has 0 bridgehead atoms. The Bertz CT molecular complexity index is 339. The predicted molar refractivity (Wildman–Crippen MR) is 58.0 cm³/mol. The minimum Gasteiger partial charge on any atom is -0.492 e. The number of hydrogen-bond donors (Lipinski definition) is 1. The van der Waals surface area contributed by atoms with Crippen LogP contribution in [-0.4, -0.2) is 23.9 Å². The van der Waals surface area contributed by atoms with Gasteiger partial charge in [0, 0.05) is 24.2 Å². The molecule has 1 aromatic heterocycles. The molecule has 0 amide bonds. The molecule has 82 valence electrons. The number of carbonyl (C=O) groups excluding carboxylic acids is 1. The van der Waals surface area contributed by atoms with Crippen LogP contribution >= 0.6 is 0 Å². The van der Waals surface area contributed by atoms with E-state index in [1.165, 1.54) is 6.20 Å². The van der Waals surface area contributed by atoms with Crippen molar-refractivity contribution in [1.82, 2.24) is 4.98 Å². The molecule has 0 aromatic carbocycles. The van der Waals surface area contributed by atoms with Crippen LogP contribution in [0.15, 0.2) is 18.5 Å². The van der Waals surface area contributed by atoms with E-state index in [2.05, 4.69) is 4.98 Å². The molecule has 0 fully saturated rings. The lowest BCUT2D eigenvalue weighted by molar-refractivity contribution is 0.0933. The Hall–Kier alpha value is -1.42. The van der Waals surface area contributed by atoms with Gasteiger partial charge in [-0.2, -0.15) is 0 Å². The minimum absolute atomic E-state index is 0.00607.